The number of carboxylic acids is 2. The van der Waals surface area contributed by atoms with Crippen molar-refractivity contribution in [2.45, 2.75) is 78.1 Å². The Morgan fingerprint density at radius 3 is 1.80 bits per heavy atom. The van der Waals surface area contributed by atoms with Crippen LogP contribution in [0.5, 0.6) is 0 Å². The predicted octanol–water partition coefficient (Wildman–Crippen LogP) is 5.82. The minimum absolute atomic E-state index is 0.0714. The Kier molecular flexibility index (Phi) is 10.4. The van der Waals surface area contributed by atoms with Gasteiger partial charge in [-0.2, -0.15) is 9.15 Å². The van der Waals surface area contributed by atoms with Crippen molar-refractivity contribution in [3.05, 3.63) is 123 Å². The van der Waals surface area contributed by atoms with Crippen LogP contribution in [-0.2, 0) is 25.2 Å². The number of unbranched alkanes of at least 4 members (excludes halogenated alkanes) is 1. The molecule has 2 N–H and O–H groups in total. The highest BCUT2D eigenvalue weighted by atomic mass is 16.4. The maximum Gasteiger partial charge on any atom is 0.335 e. The van der Waals surface area contributed by atoms with E-state index >= 15 is 0 Å². The van der Waals surface area contributed by atoms with Gasteiger partial charge in [-0.25, -0.2) is 4.79 Å². The zero-order valence-electron chi connectivity index (χ0n) is 34.6. The van der Waals surface area contributed by atoms with Crippen molar-refractivity contribution in [2.24, 2.45) is 0 Å². The first-order chi connectivity index (χ1) is 27.9. The summed E-state index contributed by atoms with van der Waals surface area (Å²) in [5.41, 5.74) is 6.10. The smallest absolute Gasteiger partial charge is 0.335 e. The van der Waals surface area contributed by atoms with Crippen LogP contribution in [0.1, 0.15) is 99.8 Å². The third-order valence-corrected chi connectivity index (χ3v) is 12.3. The molecule has 11 heteroatoms. The molecule has 0 aromatic heterocycles. The molecule has 7 rings (SSSR count). The Morgan fingerprint density at radius 2 is 1.25 bits per heavy atom. The topological polar surface area (TPSA) is 164 Å². The Morgan fingerprint density at radius 1 is 0.729 bits per heavy atom. The maximum absolute atomic E-state index is 13.9. The maximum atomic E-state index is 13.9. The number of aromatic carboxylic acids is 1. The van der Waals surface area contributed by atoms with E-state index in [2.05, 4.69) is 11.5 Å². The lowest BCUT2D eigenvalue weighted by molar-refractivity contribution is -0.438. The van der Waals surface area contributed by atoms with Gasteiger partial charge in [0.15, 0.2) is 23.0 Å². The van der Waals surface area contributed by atoms with Crippen LogP contribution in [0.15, 0.2) is 95.5 Å². The van der Waals surface area contributed by atoms with E-state index in [-0.39, 0.29) is 57.4 Å². The number of benzene rings is 3. The Labute approximate surface area is 344 Å². The van der Waals surface area contributed by atoms with E-state index in [4.69, 9.17) is 5.11 Å². The molecule has 0 unspecified atom stereocenters. The van der Waals surface area contributed by atoms with Crippen molar-refractivity contribution >= 4 is 63.1 Å². The zero-order chi connectivity index (χ0) is 42.7. The Hall–Kier alpha value is -6.36. The number of carbonyl (C=O) groups excluding carboxylic acids is 2. The molecule has 3 aromatic rings. The number of hydrogen-bond donors (Lipinski definition) is 2. The van der Waals surface area contributed by atoms with Crippen LogP contribution >= 0.6 is 0 Å². The van der Waals surface area contributed by atoms with Gasteiger partial charge in [-0.05, 0) is 88.6 Å². The fraction of sp³-hybridized carbons (Fsp3) is 0.333. The summed E-state index contributed by atoms with van der Waals surface area (Å²) in [6, 6.07) is 17.7. The molecule has 0 spiro atoms. The van der Waals surface area contributed by atoms with Gasteiger partial charge in [-0.1, -0.05) is 37.0 Å². The van der Waals surface area contributed by atoms with Crippen LogP contribution in [0.3, 0.4) is 0 Å². The van der Waals surface area contributed by atoms with Gasteiger partial charge in [0, 0.05) is 89.8 Å². The van der Waals surface area contributed by atoms with E-state index < -0.39 is 22.8 Å². The molecule has 0 fully saturated rings. The van der Waals surface area contributed by atoms with E-state index in [1.807, 2.05) is 75.4 Å². The van der Waals surface area contributed by atoms with Crippen molar-refractivity contribution in [1.29, 1.82) is 0 Å². The van der Waals surface area contributed by atoms with Gasteiger partial charge in [-0.15, -0.1) is 0 Å². The molecule has 2 heterocycles. The summed E-state index contributed by atoms with van der Waals surface area (Å²) >= 11 is 0. The molecule has 4 aliphatic rings. The molecule has 0 radical (unpaired) electrons. The lowest BCUT2D eigenvalue weighted by atomic mass is 9.75. The summed E-state index contributed by atoms with van der Waals surface area (Å²) in [6.07, 6.45) is 5.71. The molecule has 0 saturated heterocycles. The molecule has 11 nitrogen and oxygen atoms in total. The third-order valence-electron chi connectivity index (χ3n) is 12.3. The van der Waals surface area contributed by atoms with Gasteiger partial charge in [0.05, 0.1) is 16.4 Å². The van der Waals surface area contributed by atoms with Crippen molar-refractivity contribution in [3.8, 4) is 0 Å². The molecule has 2 aliphatic heterocycles. The number of carbonyl (C=O) groups is 4. The fourth-order valence-electron chi connectivity index (χ4n) is 8.82. The number of carboxylic acid groups (broad SMARTS) is 2. The molecular weight excluding hydrogens is 747 g/mol. The number of Topliss-reactive ketones (excluding diaryl/α,β-unsaturated/α-hetero) is 2. The highest BCUT2D eigenvalue weighted by Gasteiger charge is 2.48. The lowest BCUT2D eigenvalue weighted by Gasteiger charge is -2.32. The fourth-order valence-corrected chi connectivity index (χ4v) is 8.82. The van der Waals surface area contributed by atoms with Gasteiger partial charge in [0.1, 0.15) is 13.1 Å². The Bertz CT molecular complexity index is 2560. The van der Waals surface area contributed by atoms with Crippen molar-refractivity contribution in [3.63, 3.8) is 0 Å². The number of allylic oxidation sites excluding steroid dienone is 6. The molecule has 0 bridgehead atoms. The van der Waals surface area contributed by atoms with E-state index in [9.17, 15) is 34.5 Å². The van der Waals surface area contributed by atoms with Gasteiger partial charge in [0.2, 0.25) is 11.4 Å². The van der Waals surface area contributed by atoms with Gasteiger partial charge >= 0.3 is 11.9 Å². The quantitative estimate of drug-likeness (QED) is 0.151. The second-order valence-corrected chi connectivity index (χ2v) is 16.7. The largest absolute Gasteiger partial charge is 0.871 e. The first-order valence-corrected chi connectivity index (χ1v) is 20.2. The summed E-state index contributed by atoms with van der Waals surface area (Å²) < 4.78 is 4.15. The van der Waals surface area contributed by atoms with E-state index in [1.165, 1.54) is 0 Å². The molecule has 3 aromatic carbocycles. The molecule has 59 heavy (non-hydrogen) atoms. The number of aliphatic carboxylic acids is 1. The number of fused-ring (bicyclic) bond motifs is 2. The van der Waals surface area contributed by atoms with Crippen LogP contribution in [0.2, 0.25) is 0 Å². The molecule has 0 atom stereocenters. The zero-order valence-corrected chi connectivity index (χ0v) is 34.6. The number of rotatable bonds is 14. The van der Waals surface area contributed by atoms with Crippen LogP contribution < -0.4 is 15.1 Å². The number of nitrogens with zero attached hydrogens (tertiary/aromatic N) is 3. The van der Waals surface area contributed by atoms with Crippen molar-refractivity contribution < 1.29 is 48.8 Å². The SMILES string of the molecule is CCCC[N+]1=C(C=C2C(=O)C(c3ccc(N(C)CCCC(=O)O)cc3)=C2[O-])C(C)(C)c2cc(C3=C([O-])C(=CC4=[N+](CC)c5ccc(C(=O)O)cc5C4(C)C)C3=O)ccc21. The lowest BCUT2D eigenvalue weighted by Crippen LogP contribution is -2.34. The van der Waals surface area contributed by atoms with Crippen LogP contribution in [0.4, 0.5) is 17.1 Å². The summed E-state index contributed by atoms with van der Waals surface area (Å²) in [5, 5.41) is 46.1. The van der Waals surface area contributed by atoms with Crippen molar-refractivity contribution in [2.75, 3.05) is 31.6 Å². The second kappa shape index (κ2) is 15.1. The molecule has 0 amide bonds. The van der Waals surface area contributed by atoms with Gasteiger partial charge < -0.3 is 25.3 Å². The van der Waals surface area contributed by atoms with Crippen LogP contribution in [0, 0.1) is 0 Å². The highest BCUT2D eigenvalue weighted by Crippen LogP contribution is 2.46. The first kappa shape index (κ1) is 40.8. The summed E-state index contributed by atoms with van der Waals surface area (Å²) in [5.74, 6) is -3.24. The normalized spacial score (nSPS) is 19.1. The summed E-state index contributed by atoms with van der Waals surface area (Å²) in [7, 11) is 1.86. The minimum Gasteiger partial charge on any atom is -0.871 e. The number of anilines is 1. The molecule has 304 valence electrons. The van der Waals surface area contributed by atoms with Gasteiger partial charge in [0.25, 0.3) is 0 Å². The van der Waals surface area contributed by atoms with E-state index in [1.54, 1.807) is 48.6 Å². The monoisotopic (exact) mass is 795 g/mol. The molecule has 0 saturated carbocycles. The Balaban J connectivity index is 1.18. The second-order valence-electron chi connectivity index (χ2n) is 16.7. The van der Waals surface area contributed by atoms with Crippen molar-refractivity contribution in [1.82, 2.24) is 0 Å². The average molecular weight is 796 g/mol. The number of hydrogen-bond acceptors (Lipinski definition) is 7. The average Bonchev–Trinajstić information content (AvgIpc) is 3.55. The molecular formula is C48H49N3O8. The van der Waals surface area contributed by atoms with Crippen LogP contribution in [0.25, 0.3) is 11.1 Å². The van der Waals surface area contributed by atoms with E-state index in [0.717, 1.165) is 52.5 Å². The molecule has 2 aliphatic carbocycles. The van der Waals surface area contributed by atoms with Gasteiger partial charge in [-0.3, -0.25) is 14.4 Å². The minimum atomic E-state index is -1.02. The third kappa shape index (κ3) is 6.72. The first-order valence-electron chi connectivity index (χ1n) is 20.2. The number of ketones is 2. The standard InChI is InChI=1S/C48H49N3O8/c1-8-10-22-51-36-19-15-28(41-44(56)31(45(41)57)25-37-47(3,4)34-24-29(46(58)59)16-20-35(34)50(37)9-2)23-33(36)48(5,6)38(51)26-32-42(54)40(43(32)55)27-13-17-30(18-14-27)49(7)21-11-12-39(52)53/h13-20,23-26H,8-12,21-22H2,1-7H3,(H2-2,52,53,54,55,56,57,58,59). The van der Waals surface area contributed by atoms with Crippen LogP contribution in [-0.4, -0.2) is 81.0 Å². The predicted molar refractivity (Wildman–Crippen MR) is 223 cm³/mol. The summed E-state index contributed by atoms with van der Waals surface area (Å²) in [4.78, 5) is 52.1. The summed E-state index contributed by atoms with van der Waals surface area (Å²) in [6.45, 7) is 13.8. The van der Waals surface area contributed by atoms with E-state index in [0.29, 0.717) is 37.2 Å². The highest BCUT2D eigenvalue weighted by molar-refractivity contribution is 6.41.